The van der Waals surface area contributed by atoms with Crippen LogP contribution in [0.1, 0.15) is 46.2 Å². The van der Waals surface area contributed by atoms with E-state index in [-0.39, 0.29) is 27.0 Å². The lowest BCUT2D eigenvalue weighted by Crippen LogP contribution is -2.21. The predicted molar refractivity (Wildman–Crippen MR) is 167 cm³/mol. The molecule has 0 fully saturated rings. The van der Waals surface area contributed by atoms with Crippen molar-refractivity contribution in [2.45, 2.75) is 37.9 Å². The third-order valence-corrected chi connectivity index (χ3v) is 7.81. The lowest BCUT2D eigenvalue weighted by atomic mass is 10.1. The molecule has 0 aliphatic rings. The minimum absolute atomic E-state index is 0. The molecule has 4 aromatic rings. The van der Waals surface area contributed by atoms with Gasteiger partial charge in [0.15, 0.2) is 12.2 Å². The van der Waals surface area contributed by atoms with Crippen molar-refractivity contribution in [2.75, 3.05) is 10.6 Å². The Morgan fingerprint density at radius 2 is 1.07 bits per heavy atom. The molecule has 2 heterocycles. The molecular weight excluding hydrogens is 635 g/mol. The number of rotatable bonds is 11. The summed E-state index contributed by atoms with van der Waals surface area (Å²) in [6, 6.07) is 13.2. The van der Waals surface area contributed by atoms with Crippen LogP contribution in [0.25, 0.3) is 0 Å². The zero-order chi connectivity index (χ0) is 27.1. The number of carbonyl (C=O) groups is 2. The van der Waals surface area contributed by atoms with Crippen molar-refractivity contribution in [1.82, 2.24) is 20.4 Å². The molecule has 0 radical (unpaired) electrons. The van der Waals surface area contributed by atoms with Crippen LogP contribution in [0.3, 0.4) is 0 Å². The second-order valence-electron chi connectivity index (χ2n) is 8.04. The van der Waals surface area contributed by atoms with E-state index in [1.807, 2.05) is 0 Å². The number of hydrogen-bond donors (Lipinski definition) is 4. The first-order valence-corrected chi connectivity index (χ1v) is 13.8. The summed E-state index contributed by atoms with van der Waals surface area (Å²) < 4.78 is 0. The van der Waals surface area contributed by atoms with Gasteiger partial charge in [0.1, 0.15) is 10.0 Å². The number of carbonyl (C=O) groups excluding carboxylic acids is 2. The maximum Gasteiger partial charge on any atom is 0.259 e. The third kappa shape index (κ3) is 9.11. The van der Waals surface area contributed by atoms with E-state index >= 15 is 0 Å². The summed E-state index contributed by atoms with van der Waals surface area (Å²) in [6.45, 7) is 0. The summed E-state index contributed by atoms with van der Waals surface area (Å²) in [7, 11) is 0. The van der Waals surface area contributed by atoms with E-state index < -0.39 is 24.0 Å². The van der Waals surface area contributed by atoms with Crippen molar-refractivity contribution in [3.8, 4) is 0 Å². The minimum atomic E-state index is -1.42. The lowest BCUT2D eigenvalue weighted by Gasteiger charge is -2.11. The number of benzene rings is 2. The van der Waals surface area contributed by atoms with Gasteiger partial charge in [0.05, 0.1) is 0 Å². The Balaban J connectivity index is 0.00000280. The molecule has 0 aliphatic carbocycles. The topological polar surface area (TPSA) is 150 Å². The maximum atomic E-state index is 12.3. The first kappa shape index (κ1) is 33.9. The van der Waals surface area contributed by atoms with Gasteiger partial charge in [-0.15, -0.1) is 20.4 Å². The van der Waals surface area contributed by atoms with Gasteiger partial charge in [-0.05, 0) is 25.0 Å². The van der Waals surface area contributed by atoms with Gasteiger partial charge in [-0.1, -0.05) is 82.3 Å². The number of amides is 2. The van der Waals surface area contributed by atoms with E-state index in [9.17, 15) is 19.8 Å². The first-order valence-electron chi connectivity index (χ1n) is 11.4. The standard InChI is InChI=1S/C24H22Cl2N6O4S2.2H2S/c25-15-9-3-1-7-13(15)19(33)21(35)27-23-31-29-17(37-23)11-5-6-12-18-30-32-24(38-18)28-22(36)20(34)14-8-2-4-10-16(14)26;;/h1-4,7-10,19-20,33-34H,5-6,11-12H2,(H,27,31,35)(H,28,32,36);2*1H2/t19-,20-;;/m0../s1. The molecule has 2 amide bonds. The average Bonchev–Trinajstić information content (AvgIpc) is 3.55. The van der Waals surface area contributed by atoms with Gasteiger partial charge in [-0.2, -0.15) is 27.0 Å². The van der Waals surface area contributed by atoms with E-state index in [4.69, 9.17) is 23.2 Å². The number of aliphatic hydroxyl groups excluding tert-OH is 2. The molecule has 0 aliphatic heterocycles. The molecule has 2 aromatic heterocycles. The van der Waals surface area contributed by atoms with Gasteiger partial charge < -0.3 is 10.2 Å². The summed E-state index contributed by atoms with van der Waals surface area (Å²) in [5.74, 6) is -1.28. The van der Waals surface area contributed by atoms with Gasteiger partial charge in [0.2, 0.25) is 10.3 Å². The van der Waals surface area contributed by atoms with Crippen LogP contribution < -0.4 is 10.6 Å². The van der Waals surface area contributed by atoms with Crippen molar-refractivity contribution in [2.24, 2.45) is 0 Å². The largest absolute Gasteiger partial charge is 0.378 e. The molecule has 4 rings (SSSR count). The normalized spacial score (nSPS) is 12.0. The zero-order valence-corrected chi connectivity index (χ0v) is 25.8. The maximum absolute atomic E-state index is 12.3. The monoisotopic (exact) mass is 660 g/mol. The smallest absolute Gasteiger partial charge is 0.259 e. The Labute approximate surface area is 262 Å². The van der Waals surface area contributed by atoms with Crippen LogP contribution in [0.15, 0.2) is 48.5 Å². The molecule has 10 nitrogen and oxygen atoms in total. The Morgan fingerprint density at radius 1 is 0.700 bits per heavy atom. The third-order valence-electron chi connectivity index (χ3n) is 5.32. The molecule has 2 atom stereocenters. The van der Waals surface area contributed by atoms with Crippen molar-refractivity contribution >= 4 is 94.9 Å². The van der Waals surface area contributed by atoms with Gasteiger partial charge in [0.25, 0.3) is 11.8 Å². The van der Waals surface area contributed by atoms with Crippen LogP contribution in [0, 0.1) is 0 Å². The fraction of sp³-hybridized carbons (Fsp3) is 0.250. The van der Waals surface area contributed by atoms with Crippen LogP contribution in [0.2, 0.25) is 10.0 Å². The molecule has 0 bridgehead atoms. The zero-order valence-electron chi connectivity index (χ0n) is 20.7. The number of aliphatic hydroxyl groups is 2. The molecule has 0 saturated heterocycles. The average molecular weight is 662 g/mol. The summed E-state index contributed by atoms with van der Waals surface area (Å²) in [6.07, 6.45) is 0.0309. The van der Waals surface area contributed by atoms with Crippen LogP contribution in [0.4, 0.5) is 10.3 Å². The molecule has 16 heteroatoms. The molecule has 40 heavy (non-hydrogen) atoms. The number of aromatic nitrogens is 4. The Kier molecular flexibility index (Phi) is 13.7. The van der Waals surface area contributed by atoms with E-state index in [0.717, 1.165) is 22.9 Å². The highest BCUT2D eigenvalue weighted by Crippen LogP contribution is 2.26. The highest BCUT2D eigenvalue weighted by atomic mass is 35.5. The molecule has 0 spiro atoms. The molecule has 0 unspecified atom stereocenters. The summed E-state index contributed by atoms with van der Waals surface area (Å²) in [5.41, 5.74) is 0.625. The second-order valence-corrected chi connectivity index (χ2v) is 11.0. The Bertz CT molecular complexity index is 1320. The highest BCUT2D eigenvalue weighted by Gasteiger charge is 2.22. The van der Waals surface area contributed by atoms with E-state index in [0.29, 0.717) is 44.3 Å². The van der Waals surface area contributed by atoms with Crippen LogP contribution >= 0.6 is 72.9 Å². The van der Waals surface area contributed by atoms with Crippen LogP contribution in [0.5, 0.6) is 0 Å². The number of unbranched alkanes of at least 4 members (excludes halogenated alkanes) is 1. The number of anilines is 2. The van der Waals surface area contributed by atoms with Crippen molar-refractivity contribution in [1.29, 1.82) is 0 Å². The number of nitrogens with zero attached hydrogens (tertiary/aromatic N) is 4. The van der Waals surface area contributed by atoms with E-state index in [2.05, 4.69) is 31.0 Å². The predicted octanol–water partition coefficient (Wildman–Crippen LogP) is 4.83. The fourth-order valence-electron chi connectivity index (χ4n) is 3.39. The molecule has 2 aromatic carbocycles. The van der Waals surface area contributed by atoms with Gasteiger partial charge >= 0.3 is 0 Å². The number of halogens is 2. The Hall–Kier alpha value is -2.30. The SMILES string of the molecule is O=C(Nc1nnc(CCCCc2nnc(NC(=O)[C@@H](O)c3ccccc3Cl)s2)s1)[C@@H](O)c1ccccc1Cl.S.S. The summed E-state index contributed by atoms with van der Waals surface area (Å²) in [4.78, 5) is 24.7. The molecule has 0 saturated carbocycles. The van der Waals surface area contributed by atoms with Crippen molar-refractivity contribution in [3.63, 3.8) is 0 Å². The van der Waals surface area contributed by atoms with E-state index in [1.165, 1.54) is 22.7 Å². The molecular formula is C24H26Cl2N6O4S4. The molecule has 214 valence electrons. The van der Waals surface area contributed by atoms with E-state index in [1.54, 1.807) is 48.5 Å². The lowest BCUT2D eigenvalue weighted by molar-refractivity contribution is -0.124. The highest BCUT2D eigenvalue weighted by molar-refractivity contribution is 7.59. The number of hydrogen-bond acceptors (Lipinski definition) is 10. The molecule has 4 N–H and O–H groups in total. The van der Waals surface area contributed by atoms with Crippen molar-refractivity contribution < 1.29 is 19.8 Å². The van der Waals surface area contributed by atoms with Crippen LogP contribution in [-0.2, 0) is 22.4 Å². The van der Waals surface area contributed by atoms with Gasteiger partial charge in [-0.25, -0.2) is 0 Å². The minimum Gasteiger partial charge on any atom is -0.378 e. The number of aryl methyl sites for hydroxylation is 2. The van der Waals surface area contributed by atoms with Crippen LogP contribution in [-0.4, -0.2) is 42.4 Å². The second kappa shape index (κ2) is 16.2. The Morgan fingerprint density at radius 3 is 1.45 bits per heavy atom. The summed E-state index contributed by atoms with van der Waals surface area (Å²) in [5, 5.41) is 44.4. The first-order chi connectivity index (χ1) is 18.3. The van der Waals surface area contributed by atoms with Gasteiger partial charge in [0, 0.05) is 34.0 Å². The fourth-order valence-corrected chi connectivity index (χ4v) is 5.43. The van der Waals surface area contributed by atoms with Crippen molar-refractivity contribution in [3.05, 3.63) is 79.7 Å². The quantitative estimate of drug-likeness (QED) is 0.167. The number of nitrogens with one attached hydrogen (secondary N) is 2. The summed E-state index contributed by atoms with van der Waals surface area (Å²) >= 11 is 14.6. The van der Waals surface area contributed by atoms with Gasteiger partial charge in [-0.3, -0.25) is 20.2 Å².